The molecule has 0 heterocycles. The third kappa shape index (κ3) is 3.58. The summed E-state index contributed by atoms with van der Waals surface area (Å²) in [6.45, 7) is 6.52. The Bertz CT molecular complexity index is 339. The van der Waals surface area contributed by atoms with E-state index in [-0.39, 0.29) is 18.5 Å². The van der Waals surface area contributed by atoms with Gasteiger partial charge in [-0.2, -0.15) is 0 Å². The highest BCUT2D eigenvalue weighted by Gasteiger charge is 2.11. The SMILES string of the molecule is Cc1ccc(CN[C@H](CO)C(C)C)cc1F. The smallest absolute Gasteiger partial charge is 0.126 e. The fraction of sp³-hybridized carbons (Fsp3) is 0.538. The molecule has 1 atom stereocenters. The quantitative estimate of drug-likeness (QED) is 0.805. The van der Waals surface area contributed by atoms with Crippen molar-refractivity contribution in [2.24, 2.45) is 5.92 Å². The average molecular weight is 225 g/mol. The predicted octanol–water partition coefficient (Wildman–Crippen LogP) is 2.24. The summed E-state index contributed by atoms with van der Waals surface area (Å²) in [6, 6.07) is 5.27. The largest absolute Gasteiger partial charge is 0.395 e. The maximum absolute atomic E-state index is 13.3. The monoisotopic (exact) mass is 225 g/mol. The molecule has 1 rings (SSSR count). The Morgan fingerprint density at radius 1 is 1.38 bits per heavy atom. The number of aliphatic hydroxyl groups excluding tert-OH is 1. The topological polar surface area (TPSA) is 32.3 Å². The van der Waals surface area contributed by atoms with E-state index in [1.54, 1.807) is 13.0 Å². The van der Waals surface area contributed by atoms with E-state index in [0.29, 0.717) is 18.0 Å². The number of halogens is 1. The molecule has 0 aliphatic carbocycles. The normalized spacial score (nSPS) is 13.1. The fourth-order valence-corrected chi connectivity index (χ4v) is 1.51. The molecular formula is C13H20FNO. The average Bonchev–Trinajstić information content (AvgIpc) is 2.23. The number of benzene rings is 1. The highest BCUT2D eigenvalue weighted by Crippen LogP contribution is 2.10. The molecule has 0 spiro atoms. The lowest BCUT2D eigenvalue weighted by Gasteiger charge is -2.20. The molecule has 2 nitrogen and oxygen atoms in total. The minimum absolute atomic E-state index is 0.0596. The van der Waals surface area contributed by atoms with Crippen molar-refractivity contribution in [1.82, 2.24) is 5.32 Å². The van der Waals surface area contributed by atoms with E-state index in [2.05, 4.69) is 5.32 Å². The minimum Gasteiger partial charge on any atom is -0.395 e. The Labute approximate surface area is 96.5 Å². The van der Waals surface area contributed by atoms with Gasteiger partial charge >= 0.3 is 0 Å². The van der Waals surface area contributed by atoms with Crippen LogP contribution in [-0.2, 0) is 6.54 Å². The molecule has 0 saturated carbocycles. The highest BCUT2D eigenvalue weighted by atomic mass is 19.1. The van der Waals surface area contributed by atoms with Crippen LogP contribution in [0.5, 0.6) is 0 Å². The summed E-state index contributed by atoms with van der Waals surface area (Å²) in [5.74, 6) is 0.185. The third-order valence-corrected chi connectivity index (χ3v) is 2.81. The first-order valence-electron chi connectivity index (χ1n) is 5.64. The van der Waals surface area contributed by atoms with Crippen LogP contribution in [0, 0.1) is 18.7 Å². The summed E-state index contributed by atoms with van der Waals surface area (Å²) >= 11 is 0. The van der Waals surface area contributed by atoms with E-state index in [0.717, 1.165) is 5.56 Å². The summed E-state index contributed by atoms with van der Waals surface area (Å²) < 4.78 is 13.3. The minimum atomic E-state index is -0.176. The van der Waals surface area contributed by atoms with Gasteiger partial charge in [-0.05, 0) is 30.0 Å². The van der Waals surface area contributed by atoms with E-state index in [4.69, 9.17) is 5.11 Å². The Hall–Kier alpha value is -0.930. The summed E-state index contributed by atoms with van der Waals surface area (Å²) in [5.41, 5.74) is 1.56. The predicted molar refractivity (Wildman–Crippen MR) is 63.7 cm³/mol. The lowest BCUT2D eigenvalue weighted by atomic mass is 10.0. The second-order valence-electron chi connectivity index (χ2n) is 4.50. The van der Waals surface area contributed by atoms with Gasteiger partial charge in [-0.15, -0.1) is 0 Å². The van der Waals surface area contributed by atoms with Gasteiger partial charge in [0.2, 0.25) is 0 Å². The second kappa shape index (κ2) is 5.97. The molecule has 0 aromatic heterocycles. The van der Waals surface area contributed by atoms with Crippen LogP contribution < -0.4 is 5.32 Å². The molecule has 0 bridgehead atoms. The van der Waals surface area contributed by atoms with Crippen LogP contribution >= 0.6 is 0 Å². The van der Waals surface area contributed by atoms with Crippen LogP contribution in [0.25, 0.3) is 0 Å². The number of aliphatic hydroxyl groups is 1. The van der Waals surface area contributed by atoms with Gasteiger partial charge in [0.05, 0.1) is 6.61 Å². The first-order valence-corrected chi connectivity index (χ1v) is 5.64. The zero-order chi connectivity index (χ0) is 12.1. The molecule has 1 aromatic carbocycles. The van der Waals surface area contributed by atoms with Gasteiger partial charge < -0.3 is 10.4 Å². The molecule has 0 fully saturated rings. The Morgan fingerprint density at radius 2 is 2.06 bits per heavy atom. The van der Waals surface area contributed by atoms with Gasteiger partial charge in [-0.25, -0.2) is 4.39 Å². The maximum atomic E-state index is 13.3. The van der Waals surface area contributed by atoms with Gasteiger partial charge in [0.1, 0.15) is 5.82 Å². The van der Waals surface area contributed by atoms with E-state index in [9.17, 15) is 4.39 Å². The molecule has 0 aliphatic rings. The molecule has 2 N–H and O–H groups in total. The first-order chi connectivity index (χ1) is 7.54. The highest BCUT2D eigenvalue weighted by molar-refractivity contribution is 5.23. The standard InChI is InChI=1S/C13H20FNO/c1-9(2)13(8-16)15-7-11-5-4-10(3)12(14)6-11/h4-6,9,13,15-16H,7-8H2,1-3H3/t13-/m1/s1. The summed E-state index contributed by atoms with van der Waals surface area (Å²) in [4.78, 5) is 0. The number of nitrogens with one attached hydrogen (secondary N) is 1. The van der Waals surface area contributed by atoms with Crippen LogP contribution in [-0.4, -0.2) is 17.8 Å². The van der Waals surface area contributed by atoms with E-state index < -0.39 is 0 Å². The summed E-state index contributed by atoms with van der Waals surface area (Å²) in [5, 5.41) is 12.4. The number of rotatable bonds is 5. The Morgan fingerprint density at radius 3 is 2.56 bits per heavy atom. The van der Waals surface area contributed by atoms with Crippen molar-refractivity contribution >= 4 is 0 Å². The van der Waals surface area contributed by atoms with Crippen molar-refractivity contribution in [2.45, 2.75) is 33.4 Å². The van der Waals surface area contributed by atoms with E-state index in [1.807, 2.05) is 19.9 Å². The molecule has 0 radical (unpaired) electrons. The summed E-state index contributed by atoms with van der Waals surface area (Å²) in [6.07, 6.45) is 0. The van der Waals surface area contributed by atoms with Crippen molar-refractivity contribution in [3.8, 4) is 0 Å². The Balaban J connectivity index is 2.57. The van der Waals surface area contributed by atoms with Crippen molar-refractivity contribution in [1.29, 1.82) is 0 Å². The second-order valence-corrected chi connectivity index (χ2v) is 4.50. The van der Waals surface area contributed by atoms with Gasteiger partial charge in [0.15, 0.2) is 0 Å². The zero-order valence-electron chi connectivity index (χ0n) is 10.1. The molecule has 0 amide bonds. The van der Waals surface area contributed by atoms with Gasteiger partial charge in [0.25, 0.3) is 0 Å². The van der Waals surface area contributed by atoms with Gasteiger partial charge in [-0.3, -0.25) is 0 Å². The van der Waals surface area contributed by atoms with Crippen LogP contribution in [0.4, 0.5) is 4.39 Å². The lowest BCUT2D eigenvalue weighted by Crippen LogP contribution is -2.36. The van der Waals surface area contributed by atoms with Crippen LogP contribution in [0.15, 0.2) is 18.2 Å². The summed E-state index contributed by atoms with van der Waals surface area (Å²) in [7, 11) is 0. The van der Waals surface area contributed by atoms with Gasteiger partial charge in [-0.1, -0.05) is 26.0 Å². The number of aryl methyl sites for hydroxylation is 1. The Kier molecular flexibility index (Phi) is 4.90. The zero-order valence-corrected chi connectivity index (χ0v) is 10.1. The molecule has 90 valence electrons. The van der Waals surface area contributed by atoms with Crippen molar-refractivity contribution < 1.29 is 9.50 Å². The van der Waals surface area contributed by atoms with E-state index in [1.165, 1.54) is 6.07 Å². The van der Waals surface area contributed by atoms with Crippen LogP contribution in [0.3, 0.4) is 0 Å². The van der Waals surface area contributed by atoms with Crippen molar-refractivity contribution in [3.05, 3.63) is 35.1 Å². The molecule has 1 aromatic rings. The fourth-order valence-electron chi connectivity index (χ4n) is 1.51. The molecule has 3 heteroatoms. The van der Waals surface area contributed by atoms with Crippen molar-refractivity contribution in [2.75, 3.05) is 6.61 Å². The third-order valence-electron chi connectivity index (χ3n) is 2.81. The number of hydrogen-bond donors (Lipinski definition) is 2. The maximum Gasteiger partial charge on any atom is 0.126 e. The molecule has 16 heavy (non-hydrogen) atoms. The lowest BCUT2D eigenvalue weighted by molar-refractivity contribution is 0.210. The molecule has 0 unspecified atom stereocenters. The van der Waals surface area contributed by atoms with Gasteiger partial charge in [0, 0.05) is 12.6 Å². The van der Waals surface area contributed by atoms with E-state index >= 15 is 0 Å². The number of hydrogen-bond acceptors (Lipinski definition) is 2. The molecule has 0 saturated heterocycles. The van der Waals surface area contributed by atoms with Crippen LogP contribution in [0.1, 0.15) is 25.0 Å². The van der Waals surface area contributed by atoms with Crippen molar-refractivity contribution in [3.63, 3.8) is 0 Å². The first kappa shape index (κ1) is 13.1. The molecular weight excluding hydrogens is 205 g/mol. The molecule has 0 aliphatic heterocycles. The van der Waals surface area contributed by atoms with Crippen LogP contribution in [0.2, 0.25) is 0 Å².